The predicted molar refractivity (Wildman–Crippen MR) is 96.5 cm³/mol. The van der Waals surface area contributed by atoms with Crippen molar-refractivity contribution >= 4 is 39.0 Å². The molecule has 0 spiro atoms. The molecular formula is C18H12BrN3O3. The molecule has 124 valence electrons. The molecule has 0 fully saturated rings. The van der Waals surface area contributed by atoms with Crippen LogP contribution in [0.4, 0.5) is 0 Å². The van der Waals surface area contributed by atoms with Crippen LogP contribution in [0.25, 0.3) is 11.0 Å². The first-order chi connectivity index (χ1) is 12.2. The maximum Gasteiger partial charge on any atom is 0.307 e. The van der Waals surface area contributed by atoms with Gasteiger partial charge in [-0.2, -0.15) is 10.4 Å². The summed E-state index contributed by atoms with van der Waals surface area (Å²) in [4.78, 5) is 12.1. The Morgan fingerprint density at radius 2 is 2.16 bits per heavy atom. The molecule has 1 heterocycles. The van der Waals surface area contributed by atoms with Gasteiger partial charge in [0.15, 0.2) is 12.4 Å². The van der Waals surface area contributed by atoms with Crippen LogP contribution in [0.3, 0.4) is 0 Å². The Bertz CT molecular complexity index is 956. The number of hydrogen-bond acceptors (Lipinski definition) is 5. The lowest BCUT2D eigenvalue weighted by Crippen LogP contribution is -2.16. The number of nitrogens with zero attached hydrogens (tertiary/aromatic N) is 2. The van der Waals surface area contributed by atoms with Gasteiger partial charge >= 0.3 is 5.91 Å². The third-order valence-corrected chi connectivity index (χ3v) is 3.90. The van der Waals surface area contributed by atoms with Crippen molar-refractivity contribution in [2.75, 3.05) is 6.61 Å². The summed E-state index contributed by atoms with van der Waals surface area (Å²) >= 11 is 3.36. The van der Waals surface area contributed by atoms with E-state index in [-0.39, 0.29) is 12.4 Å². The van der Waals surface area contributed by atoms with Gasteiger partial charge in [0.05, 0.1) is 10.7 Å². The summed E-state index contributed by atoms with van der Waals surface area (Å²) in [5.74, 6) is 0.324. The first-order valence-electron chi connectivity index (χ1n) is 7.28. The van der Waals surface area contributed by atoms with Crippen molar-refractivity contribution in [1.82, 2.24) is 5.43 Å². The Hall–Kier alpha value is -3.11. The van der Waals surface area contributed by atoms with Gasteiger partial charge < -0.3 is 9.15 Å². The second-order valence-electron chi connectivity index (χ2n) is 4.98. The summed E-state index contributed by atoms with van der Waals surface area (Å²) in [5.41, 5.74) is 3.82. The van der Waals surface area contributed by atoms with Gasteiger partial charge in [-0.25, -0.2) is 5.43 Å². The van der Waals surface area contributed by atoms with E-state index in [1.165, 1.54) is 6.21 Å². The van der Waals surface area contributed by atoms with Crippen LogP contribution in [0, 0.1) is 11.3 Å². The number of fused-ring (bicyclic) bond motifs is 1. The monoisotopic (exact) mass is 397 g/mol. The van der Waals surface area contributed by atoms with Gasteiger partial charge in [0.2, 0.25) is 0 Å². The van der Waals surface area contributed by atoms with Crippen LogP contribution < -0.4 is 10.2 Å². The number of halogens is 1. The largest absolute Gasteiger partial charge is 0.478 e. The van der Waals surface area contributed by atoms with Crippen LogP contribution >= 0.6 is 15.9 Å². The highest BCUT2D eigenvalue weighted by atomic mass is 79.9. The van der Waals surface area contributed by atoms with Crippen molar-refractivity contribution < 1.29 is 13.9 Å². The second kappa shape index (κ2) is 7.64. The van der Waals surface area contributed by atoms with E-state index in [0.29, 0.717) is 15.8 Å². The third-order valence-electron chi connectivity index (χ3n) is 3.28. The van der Waals surface area contributed by atoms with Crippen LogP contribution in [0.2, 0.25) is 0 Å². The number of para-hydroxylation sites is 1. The Morgan fingerprint density at radius 3 is 2.92 bits per heavy atom. The van der Waals surface area contributed by atoms with Gasteiger partial charge in [0.1, 0.15) is 17.4 Å². The number of carbonyl (C=O) groups is 1. The van der Waals surface area contributed by atoms with Gasteiger partial charge in [0.25, 0.3) is 0 Å². The lowest BCUT2D eigenvalue weighted by Gasteiger charge is -2.04. The highest BCUT2D eigenvalue weighted by Gasteiger charge is 2.10. The first-order valence-corrected chi connectivity index (χ1v) is 8.08. The Kier molecular flexibility index (Phi) is 5.11. The van der Waals surface area contributed by atoms with Crippen molar-refractivity contribution in [2.45, 2.75) is 0 Å². The zero-order chi connectivity index (χ0) is 17.6. The fourth-order valence-electron chi connectivity index (χ4n) is 2.14. The number of nitriles is 1. The number of ether oxygens (including phenoxy) is 1. The lowest BCUT2D eigenvalue weighted by molar-refractivity contribution is 0.0929. The number of amides is 1. The number of rotatable bonds is 5. The lowest BCUT2D eigenvalue weighted by atomic mass is 10.2. The van der Waals surface area contributed by atoms with E-state index in [0.717, 1.165) is 10.9 Å². The van der Waals surface area contributed by atoms with Crippen molar-refractivity contribution in [3.63, 3.8) is 0 Å². The van der Waals surface area contributed by atoms with Crippen LogP contribution in [0.1, 0.15) is 16.1 Å². The predicted octanol–water partition coefficient (Wildman–Crippen LogP) is 3.86. The van der Waals surface area contributed by atoms with Gasteiger partial charge in [-0.15, -0.1) is 0 Å². The van der Waals surface area contributed by atoms with Gasteiger partial charge in [-0.1, -0.05) is 18.2 Å². The average Bonchev–Trinajstić information content (AvgIpc) is 3.05. The van der Waals surface area contributed by atoms with Crippen molar-refractivity contribution in [3.8, 4) is 11.8 Å². The van der Waals surface area contributed by atoms with E-state index >= 15 is 0 Å². The molecule has 0 unspecified atom stereocenters. The highest BCUT2D eigenvalue weighted by molar-refractivity contribution is 9.10. The molecule has 3 rings (SSSR count). The summed E-state index contributed by atoms with van der Waals surface area (Å²) in [5, 5.41) is 13.3. The molecule has 0 aliphatic heterocycles. The highest BCUT2D eigenvalue weighted by Crippen LogP contribution is 2.25. The maximum absolute atomic E-state index is 12.1. The number of carbonyl (C=O) groups excluding carboxylic acids is 1. The molecule has 0 radical (unpaired) electrons. The Balaban J connectivity index is 1.65. The van der Waals surface area contributed by atoms with Gasteiger partial charge in [-0.05, 0) is 51.8 Å². The van der Waals surface area contributed by atoms with Gasteiger partial charge in [-0.3, -0.25) is 4.79 Å². The molecule has 0 bridgehead atoms. The molecule has 0 saturated carbocycles. The average molecular weight is 398 g/mol. The van der Waals surface area contributed by atoms with E-state index in [1.807, 2.05) is 24.3 Å². The van der Waals surface area contributed by atoms with Crippen molar-refractivity contribution in [1.29, 1.82) is 5.26 Å². The SMILES string of the molecule is N#CCOc1ccc(/C=N/NC(=O)c2cc3ccccc3o2)cc1Br. The standard InChI is InChI=1S/C18H12BrN3O3/c19-14-9-12(5-6-16(14)24-8-7-20)11-21-22-18(23)17-10-13-3-1-2-4-15(13)25-17/h1-6,9-11H,8H2,(H,22,23)/b21-11+. The van der Waals surface area contributed by atoms with E-state index in [1.54, 1.807) is 30.3 Å². The normalized spacial score (nSPS) is 10.7. The summed E-state index contributed by atoms with van der Waals surface area (Å²) in [7, 11) is 0. The van der Waals surface area contributed by atoms with E-state index in [2.05, 4.69) is 26.5 Å². The minimum Gasteiger partial charge on any atom is -0.478 e. The van der Waals surface area contributed by atoms with E-state index in [9.17, 15) is 4.79 Å². The molecule has 6 nitrogen and oxygen atoms in total. The molecule has 2 aromatic carbocycles. The molecule has 3 aromatic rings. The summed E-state index contributed by atoms with van der Waals surface area (Å²) in [6, 6.07) is 16.2. The topological polar surface area (TPSA) is 87.6 Å². The van der Waals surface area contributed by atoms with Gasteiger partial charge in [0, 0.05) is 5.39 Å². The molecule has 0 saturated heterocycles. The maximum atomic E-state index is 12.1. The fourth-order valence-corrected chi connectivity index (χ4v) is 2.65. The van der Waals surface area contributed by atoms with Crippen LogP contribution in [0.5, 0.6) is 5.75 Å². The molecule has 0 aliphatic carbocycles. The minimum absolute atomic E-state index is 0.0282. The van der Waals surface area contributed by atoms with Crippen molar-refractivity contribution in [2.24, 2.45) is 5.10 Å². The zero-order valence-electron chi connectivity index (χ0n) is 12.9. The van der Waals surface area contributed by atoms with Crippen LogP contribution in [0.15, 0.2) is 62.5 Å². The molecule has 25 heavy (non-hydrogen) atoms. The first kappa shape index (κ1) is 16.7. The van der Waals surface area contributed by atoms with Crippen LogP contribution in [-0.2, 0) is 0 Å². The van der Waals surface area contributed by atoms with Crippen molar-refractivity contribution in [3.05, 3.63) is 64.3 Å². The molecule has 1 N–H and O–H groups in total. The summed E-state index contributed by atoms with van der Waals surface area (Å²) in [6.45, 7) is -0.0282. The third kappa shape index (κ3) is 4.05. The van der Waals surface area contributed by atoms with E-state index in [4.69, 9.17) is 14.4 Å². The molecule has 1 aromatic heterocycles. The summed E-state index contributed by atoms with van der Waals surface area (Å²) < 4.78 is 11.4. The number of hydrogen-bond donors (Lipinski definition) is 1. The number of furan rings is 1. The Labute approximate surface area is 151 Å². The number of nitrogens with one attached hydrogen (secondary N) is 1. The number of hydrazone groups is 1. The second-order valence-corrected chi connectivity index (χ2v) is 5.84. The molecular weight excluding hydrogens is 386 g/mol. The Morgan fingerprint density at radius 1 is 1.32 bits per heavy atom. The fraction of sp³-hybridized carbons (Fsp3) is 0.0556. The van der Waals surface area contributed by atoms with Crippen LogP contribution in [-0.4, -0.2) is 18.7 Å². The zero-order valence-corrected chi connectivity index (χ0v) is 14.5. The van der Waals surface area contributed by atoms with E-state index < -0.39 is 5.91 Å². The molecule has 0 atom stereocenters. The number of benzene rings is 2. The molecule has 7 heteroatoms. The molecule has 1 amide bonds. The quantitative estimate of drug-likeness (QED) is 0.522. The smallest absolute Gasteiger partial charge is 0.307 e. The minimum atomic E-state index is -0.430. The summed E-state index contributed by atoms with van der Waals surface area (Å²) in [6.07, 6.45) is 1.50. The molecule has 0 aliphatic rings.